The zero-order chi connectivity index (χ0) is 17.3. The van der Waals surface area contributed by atoms with Crippen molar-refractivity contribution < 1.29 is 27.8 Å². The van der Waals surface area contributed by atoms with Gasteiger partial charge in [-0.15, -0.1) is 8.78 Å². The maximum atomic E-state index is 13.2. The van der Waals surface area contributed by atoms with E-state index in [1.165, 1.54) is 24.3 Å². The molecule has 1 aromatic rings. The van der Waals surface area contributed by atoms with E-state index in [2.05, 4.69) is 21.4 Å². The number of nitrogens with zero attached hydrogens (tertiary/aromatic N) is 1. The first-order valence-corrected chi connectivity index (χ1v) is 7.51. The van der Waals surface area contributed by atoms with Gasteiger partial charge in [0.2, 0.25) is 5.91 Å². The van der Waals surface area contributed by atoms with Crippen molar-refractivity contribution in [3.05, 3.63) is 36.4 Å². The second-order valence-corrected chi connectivity index (χ2v) is 5.54. The molecule has 8 heteroatoms. The molecule has 24 heavy (non-hydrogen) atoms. The van der Waals surface area contributed by atoms with Crippen LogP contribution in [0.25, 0.3) is 0 Å². The van der Waals surface area contributed by atoms with Gasteiger partial charge in [-0.1, -0.05) is 12.6 Å². The number of nitrogens with one attached hydrogen (secondary N) is 1. The molecule has 0 aromatic heterocycles. The molecule has 0 radical (unpaired) electrons. The Bertz CT molecular complexity index is 693. The molecule has 0 spiro atoms. The summed E-state index contributed by atoms with van der Waals surface area (Å²) < 4.78 is 35.1. The molecule has 1 saturated heterocycles. The smallest absolute Gasteiger partial charge is 0.395 e. The van der Waals surface area contributed by atoms with Crippen LogP contribution in [0.1, 0.15) is 23.2 Å². The number of hydrogen-bond acceptors (Lipinski definition) is 4. The van der Waals surface area contributed by atoms with Crippen molar-refractivity contribution >= 4 is 11.8 Å². The molecule has 6 nitrogen and oxygen atoms in total. The molecule has 0 aliphatic carbocycles. The minimum absolute atomic E-state index is 0.0377. The van der Waals surface area contributed by atoms with Gasteiger partial charge >= 0.3 is 6.29 Å². The topological polar surface area (TPSA) is 67.9 Å². The number of halogens is 2. The fraction of sp³-hybridized carbons (Fsp3) is 0.375. The van der Waals surface area contributed by atoms with E-state index in [0.29, 0.717) is 6.54 Å². The van der Waals surface area contributed by atoms with Crippen LogP contribution in [0.3, 0.4) is 0 Å². The Morgan fingerprint density at radius 3 is 2.96 bits per heavy atom. The molecule has 2 amide bonds. The van der Waals surface area contributed by atoms with Crippen molar-refractivity contribution in [3.8, 4) is 11.5 Å². The highest BCUT2D eigenvalue weighted by Crippen LogP contribution is 2.43. The SMILES string of the molecule is C=CC(=O)N1CCCC1CNC(=O)c1cccc2c1OC(F)(F)O2. The fourth-order valence-electron chi connectivity index (χ4n) is 2.91. The lowest BCUT2D eigenvalue weighted by Gasteiger charge is -2.23. The monoisotopic (exact) mass is 338 g/mol. The van der Waals surface area contributed by atoms with Crippen LogP contribution in [-0.2, 0) is 4.79 Å². The lowest BCUT2D eigenvalue weighted by molar-refractivity contribution is -0.286. The van der Waals surface area contributed by atoms with Crippen LogP contribution < -0.4 is 14.8 Å². The van der Waals surface area contributed by atoms with Gasteiger partial charge in [0.1, 0.15) is 0 Å². The van der Waals surface area contributed by atoms with Gasteiger partial charge < -0.3 is 19.7 Å². The number of para-hydroxylation sites is 1. The Labute approximate surface area is 137 Å². The number of carbonyl (C=O) groups is 2. The third kappa shape index (κ3) is 3.04. The summed E-state index contributed by atoms with van der Waals surface area (Å²) in [4.78, 5) is 25.7. The third-order valence-electron chi connectivity index (χ3n) is 4.01. The largest absolute Gasteiger partial charge is 0.586 e. The van der Waals surface area contributed by atoms with Crippen molar-refractivity contribution in [1.29, 1.82) is 0 Å². The molecule has 0 saturated carbocycles. The van der Waals surface area contributed by atoms with E-state index in [1.807, 2.05) is 0 Å². The molecule has 1 unspecified atom stereocenters. The fourth-order valence-corrected chi connectivity index (χ4v) is 2.91. The van der Waals surface area contributed by atoms with Crippen molar-refractivity contribution in [2.75, 3.05) is 13.1 Å². The van der Waals surface area contributed by atoms with Crippen LogP contribution in [0.4, 0.5) is 8.78 Å². The zero-order valence-electron chi connectivity index (χ0n) is 12.8. The average molecular weight is 338 g/mol. The summed E-state index contributed by atoms with van der Waals surface area (Å²) in [6.45, 7) is 4.28. The zero-order valence-corrected chi connectivity index (χ0v) is 12.8. The number of benzene rings is 1. The lowest BCUT2D eigenvalue weighted by Crippen LogP contribution is -2.42. The van der Waals surface area contributed by atoms with Gasteiger partial charge in [0.15, 0.2) is 11.5 Å². The minimum atomic E-state index is -3.78. The number of ether oxygens (including phenoxy) is 2. The molecular formula is C16H16F2N2O4. The van der Waals surface area contributed by atoms with Crippen LogP contribution in [0.15, 0.2) is 30.9 Å². The number of rotatable bonds is 4. The maximum Gasteiger partial charge on any atom is 0.586 e. The summed E-state index contributed by atoms with van der Waals surface area (Å²) in [6, 6.07) is 3.96. The number of hydrogen-bond donors (Lipinski definition) is 1. The molecular weight excluding hydrogens is 322 g/mol. The quantitative estimate of drug-likeness (QED) is 0.852. The van der Waals surface area contributed by atoms with Crippen LogP contribution in [0.5, 0.6) is 11.5 Å². The van der Waals surface area contributed by atoms with Gasteiger partial charge in [-0.05, 0) is 31.1 Å². The number of alkyl halides is 2. The third-order valence-corrected chi connectivity index (χ3v) is 4.01. The second-order valence-electron chi connectivity index (χ2n) is 5.54. The molecule has 1 aromatic carbocycles. The van der Waals surface area contributed by atoms with E-state index in [4.69, 9.17) is 0 Å². The summed E-state index contributed by atoms with van der Waals surface area (Å²) in [7, 11) is 0. The Kier molecular flexibility index (Phi) is 4.13. The predicted molar refractivity (Wildman–Crippen MR) is 79.9 cm³/mol. The lowest BCUT2D eigenvalue weighted by atomic mass is 10.1. The Hall–Kier alpha value is -2.64. The van der Waals surface area contributed by atoms with E-state index in [1.54, 1.807) is 4.90 Å². The van der Waals surface area contributed by atoms with Crippen molar-refractivity contribution in [1.82, 2.24) is 10.2 Å². The molecule has 2 aliphatic rings. The minimum Gasteiger partial charge on any atom is -0.395 e. The van der Waals surface area contributed by atoms with E-state index in [-0.39, 0.29) is 35.6 Å². The highest BCUT2D eigenvalue weighted by molar-refractivity contribution is 5.98. The van der Waals surface area contributed by atoms with Crippen molar-refractivity contribution in [2.24, 2.45) is 0 Å². The molecule has 128 valence electrons. The molecule has 0 bridgehead atoms. The van der Waals surface area contributed by atoms with E-state index >= 15 is 0 Å². The molecule has 3 rings (SSSR count). The Balaban J connectivity index is 1.68. The summed E-state index contributed by atoms with van der Waals surface area (Å²) in [5.41, 5.74) is -0.0377. The van der Waals surface area contributed by atoms with Crippen LogP contribution in [0, 0.1) is 0 Å². The molecule has 1 fully saturated rings. The molecule has 2 aliphatic heterocycles. The summed E-state index contributed by atoms with van der Waals surface area (Å²) in [5, 5.41) is 2.66. The Morgan fingerprint density at radius 2 is 2.21 bits per heavy atom. The molecule has 2 heterocycles. The van der Waals surface area contributed by atoms with Crippen LogP contribution in [0.2, 0.25) is 0 Å². The number of fused-ring (bicyclic) bond motifs is 1. The van der Waals surface area contributed by atoms with Gasteiger partial charge in [0, 0.05) is 19.1 Å². The maximum absolute atomic E-state index is 13.2. The van der Waals surface area contributed by atoms with E-state index < -0.39 is 12.2 Å². The number of amides is 2. The summed E-state index contributed by atoms with van der Waals surface area (Å²) in [6.07, 6.45) is -0.955. The first-order chi connectivity index (χ1) is 11.4. The first kappa shape index (κ1) is 16.2. The molecule has 1 atom stereocenters. The molecule has 1 N–H and O–H groups in total. The van der Waals surface area contributed by atoms with Crippen molar-refractivity contribution in [2.45, 2.75) is 25.2 Å². The van der Waals surface area contributed by atoms with E-state index in [0.717, 1.165) is 12.8 Å². The van der Waals surface area contributed by atoms with Crippen molar-refractivity contribution in [3.63, 3.8) is 0 Å². The van der Waals surface area contributed by atoms with Crippen LogP contribution in [-0.4, -0.2) is 42.1 Å². The Morgan fingerprint density at radius 1 is 1.42 bits per heavy atom. The standard InChI is InChI=1S/C16H16F2N2O4/c1-2-13(21)20-8-4-5-10(20)9-19-15(22)11-6-3-7-12-14(11)24-16(17,18)23-12/h2-3,6-7,10H,1,4-5,8-9H2,(H,19,22). The van der Waals surface area contributed by atoms with Gasteiger partial charge in [-0.3, -0.25) is 9.59 Å². The predicted octanol–water partition coefficient (Wildman–Crippen LogP) is 1.91. The summed E-state index contributed by atoms with van der Waals surface area (Å²) in [5.74, 6) is -1.22. The van der Waals surface area contributed by atoms with E-state index in [9.17, 15) is 18.4 Å². The van der Waals surface area contributed by atoms with Gasteiger partial charge in [-0.2, -0.15) is 0 Å². The average Bonchev–Trinajstić information content (AvgIpc) is 3.13. The van der Waals surface area contributed by atoms with Gasteiger partial charge in [0.25, 0.3) is 5.91 Å². The van der Waals surface area contributed by atoms with Crippen LogP contribution >= 0.6 is 0 Å². The highest BCUT2D eigenvalue weighted by atomic mass is 19.3. The number of likely N-dealkylation sites (tertiary alicyclic amines) is 1. The van der Waals surface area contributed by atoms with Gasteiger partial charge in [-0.25, -0.2) is 0 Å². The normalized spacial score (nSPS) is 20.8. The second kappa shape index (κ2) is 6.10. The van der Waals surface area contributed by atoms with Gasteiger partial charge in [0.05, 0.1) is 5.56 Å². The number of carbonyl (C=O) groups excluding carboxylic acids is 2. The first-order valence-electron chi connectivity index (χ1n) is 7.51. The highest BCUT2D eigenvalue weighted by Gasteiger charge is 2.45. The summed E-state index contributed by atoms with van der Waals surface area (Å²) >= 11 is 0.